The second-order valence-corrected chi connectivity index (χ2v) is 5.94. The maximum atomic E-state index is 14.8. The third-order valence-electron chi connectivity index (χ3n) is 4.26. The molecule has 0 atom stereocenters. The molecule has 128 valence electrons. The van der Waals surface area contributed by atoms with E-state index in [1.807, 2.05) is 18.2 Å². The average Bonchev–Trinajstić information content (AvgIpc) is 2.60. The second kappa shape index (κ2) is 7.55. The first-order valence-corrected chi connectivity index (χ1v) is 8.15. The monoisotopic (exact) mass is 331 g/mol. The van der Waals surface area contributed by atoms with Gasteiger partial charge in [0.15, 0.2) is 11.6 Å². The van der Waals surface area contributed by atoms with Gasteiger partial charge in [0.25, 0.3) is 0 Å². The van der Waals surface area contributed by atoms with Gasteiger partial charge >= 0.3 is 0 Å². The van der Waals surface area contributed by atoms with Crippen molar-refractivity contribution in [3.63, 3.8) is 0 Å². The molecule has 24 heavy (non-hydrogen) atoms. The number of benzene rings is 1. The molecule has 4 N–H and O–H groups in total. The predicted octanol–water partition coefficient (Wildman–Crippen LogP) is 1.73. The van der Waals surface area contributed by atoms with Gasteiger partial charge in [-0.2, -0.15) is 4.98 Å². The Hall–Kier alpha value is -2.25. The third-order valence-corrected chi connectivity index (χ3v) is 4.26. The number of nitrogens with zero attached hydrogens (tertiary/aromatic N) is 3. The Morgan fingerprint density at radius 3 is 2.58 bits per heavy atom. The lowest BCUT2D eigenvalue weighted by atomic mass is 10.0. The summed E-state index contributed by atoms with van der Waals surface area (Å²) < 4.78 is 14.8. The highest BCUT2D eigenvalue weighted by molar-refractivity contribution is 5.65. The molecular weight excluding hydrogens is 309 g/mol. The number of aliphatic hydroxyl groups is 1. The Morgan fingerprint density at radius 2 is 1.92 bits per heavy atom. The number of aliphatic hydroxyl groups excluding tert-OH is 1. The fraction of sp³-hybridized carbons (Fsp3) is 0.412. The largest absolute Gasteiger partial charge is 0.395 e. The summed E-state index contributed by atoms with van der Waals surface area (Å²) in [5.41, 5.74) is 6.65. The summed E-state index contributed by atoms with van der Waals surface area (Å²) >= 11 is 0. The van der Waals surface area contributed by atoms with Crippen LogP contribution in [-0.4, -0.2) is 52.3 Å². The number of nitrogen functional groups attached to an aromatic ring is 1. The molecule has 0 saturated carbocycles. The minimum atomic E-state index is -0.479. The molecule has 0 spiro atoms. The zero-order valence-corrected chi connectivity index (χ0v) is 13.5. The summed E-state index contributed by atoms with van der Waals surface area (Å²) in [5, 5.41) is 12.2. The first-order chi connectivity index (χ1) is 11.7. The molecule has 0 aliphatic carbocycles. The topological polar surface area (TPSA) is 87.3 Å². The third kappa shape index (κ3) is 3.80. The van der Waals surface area contributed by atoms with Crippen molar-refractivity contribution in [1.82, 2.24) is 14.9 Å². The van der Waals surface area contributed by atoms with Crippen molar-refractivity contribution in [2.75, 3.05) is 37.3 Å². The number of rotatable bonds is 5. The molecule has 6 nitrogen and oxygen atoms in total. The maximum Gasteiger partial charge on any atom is 0.222 e. The van der Waals surface area contributed by atoms with Crippen LogP contribution in [0.4, 0.5) is 16.2 Å². The van der Waals surface area contributed by atoms with E-state index in [1.54, 1.807) is 12.1 Å². The van der Waals surface area contributed by atoms with Gasteiger partial charge in [-0.15, -0.1) is 0 Å². The fourth-order valence-electron chi connectivity index (χ4n) is 2.98. The second-order valence-electron chi connectivity index (χ2n) is 5.94. The molecule has 0 radical (unpaired) electrons. The minimum absolute atomic E-state index is 0.0514. The van der Waals surface area contributed by atoms with E-state index in [4.69, 9.17) is 10.8 Å². The summed E-state index contributed by atoms with van der Waals surface area (Å²) in [6.45, 7) is 2.58. The van der Waals surface area contributed by atoms with Gasteiger partial charge in [-0.05, 0) is 12.8 Å². The van der Waals surface area contributed by atoms with Crippen molar-refractivity contribution in [3.8, 4) is 11.3 Å². The van der Waals surface area contributed by atoms with Gasteiger partial charge in [0, 0.05) is 31.2 Å². The highest BCUT2D eigenvalue weighted by Crippen LogP contribution is 2.27. The zero-order valence-electron chi connectivity index (χ0n) is 13.5. The van der Waals surface area contributed by atoms with Gasteiger partial charge in [-0.1, -0.05) is 30.3 Å². The van der Waals surface area contributed by atoms with E-state index in [2.05, 4.69) is 20.2 Å². The number of piperidine rings is 1. The van der Waals surface area contributed by atoms with Gasteiger partial charge < -0.3 is 21.1 Å². The zero-order chi connectivity index (χ0) is 16.9. The van der Waals surface area contributed by atoms with Gasteiger partial charge in [-0.25, -0.2) is 9.37 Å². The van der Waals surface area contributed by atoms with E-state index in [9.17, 15) is 4.39 Å². The molecule has 1 aliphatic rings. The van der Waals surface area contributed by atoms with Crippen LogP contribution in [0.15, 0.2) is 30.3 Å². The number of anilines is 2. The number of likely N-dealkylation sites (tertiary alicyclic amines) is 1. The smallest absolute Gasteiger partial charge is 0.222 e. The summed E-state index contributed by atoms with van der Waals surface area (Å²) in [6.07, 6.45) is 1.73. The first-order valence-electron chi connectivity index (χ1n) is 8.15. The number of nitrogens with two attached hydrogens (primary N) is 1. The Bertz CT molecular complexity index is 674. The quantitative estimate of drug-likeness (QED) is 0.773. The molecule has 3 rings (SSSR count). The minimum Gasteiger partial charge on any atom is -0.395 e. The normalized spacial score (nSPS) is 16.2. The molecule has 7 heteroatoms. The van der Waals surface area contributed by atoms with E-state index >= 15 is 0 Å². The van der Waals surface area contributed by atoms with Crippen LogP contribution in [0, 0.1) is 5.82 Å². The number of β-amino-alcohol motifs (C(OH)–C–C–N with tert-alkyl or cyclic N) is 1. The van der Waals surface area contributed by atoms with E-state index in [-0.39, 0.29) is 30.1 Å². The molecule has 0 unspecified atom stereocenters. The highest BCUT2D eigenvalue weighted by Gasteiger charge is 2.22. The van der Waals surface area contributed by atoms with Crippen LogP contribution in [0.5, 0.6) is 0 Å². The van der Waals surface area contributed by atoms with Gasteiger partial charge in [0.05, 0.1) is 6.61 Å². The van der Waals surface area contributed by atoms with Crippen molar-refractivity contribution in [2.45, 2.75) is 18.9 Å². The van der Waals surface area contributed by atoms with Crippen LogP contribution in [0.1, 0.15) is 12.8 Å². The SMILES string of the molecule is Nc1nc(NC2CCN(CCO)CC2)c(F)c(-c2ccccc2)n1. The molecule has 1 saturated heterocycles. The van der Waals surface area contributed by atoms with Crippen LogP contribution < -0.4 is 11.1 Å². The lowest BCUT2D eigenvalue weighted by Gasteiger charge is -2.32. The summed E-state index contributed by atoms with van der Waals surface area (Å²) in [4.78, 5) is 10.3. The highest BCUT2D eigenvalue weighted by atomic mass is 19.1. The molecule has 1 aromatic heterocycles. The van der Waals surface area contributed by atoms with Crippen LogP contribution in [0.25, 0.3) is 11.3 Å². The van der Waals surface area contributed by atoms with Gasteiger partial charge in [-0.3, -0.25) is 0 Å². The molecule has 0 amide bonds. The maximum absolute atomic E-state index is 14.8. The Morgan fingerprint density at radius 1 is 1.21 bits per heavy atom. The molecule has 1 aromatic carbocycles. The molecule has 2 heterocycles. The van der Waals surface area contributed by atoms with Crippen molar-refractivity contribution >= 4 is 11.8 Å². The van der Waals surface area contributed by atoms with Crippen LogP contribution in [-0.2, 0) is 0 Å². The van der Waals surface area contributed by atoms with Crippen LogP contribution in [0.3, 0.4) is 0 Å². The predicted molar refractivity (Wildman–Crippen MR) is 92.0 cm³/mol. The van der Waals surface area contributed by atoms with E-state index in [0.717, 1.165) is 25.9 Å². The van der Waals surface area contributed by atoms with Crippen molar-refractivity contribution < 1.29 is 9.50 Å². The van der Waals surface area contributed by atoms with Gasteiger partial charge in [0.1, 0.15) is 5.69 Å². The summed E-state index contributed by atoms with van der Waals surface area (Å²) in [7, 11) is 0. The van der Waals surface area contributed by atoms with E-state index in [0.29, 0.717) is 12.1 Å². The van der Waals surface area contributed by atoms with Crippen LogP contribution in [0.2, 0.25) is 0 Å². The number of hydrogen-bond donors (Lipinski definition) is 3. The molecule has 2 aromatic rings. The molecule has 1 aliphatic heterocycles. The standard InChI is InChI=1S/C17H22FN5O/c18-14-15(12-4-2-1-3-5-12)21-17(19)22-16(14)20-13-6-8-23(9-7-13)10-11-24/h1-5,13,24H,6-11H2,(H3,19,20,21,22). The van der Waals surface area contributed by atoms with E-state index in [1.165, 1.54) is 0 Å². The Labute approximate surface area is 140 Å². The Kier molecular flexibility index (Phi) is 5.22. The molecule has 1 fully saturated rings. The van der Waals surface area contributed by atoms with Gasteiger partial charge in [0.2, 0.25) is 5.95 Å². The fourth-order valence-corrected chi connectivity index (χ4v) is 2.98. The van der Waals surface area contributed by atoms with E-state index < -0.39 is 5.82 Å². The van der Waals surface area contributed by atoms with Crippen molar-refractivity contribution in [3.05, 3.63) is 36.1 Å². The van der Waals surface area contributed by atoms with Crippen LogP contribution >= 0.6 is 0 Å². The Balaban J connectivity index is 1.76. The molecule has 0 bridgehead atoms. The van der Waals surface area contributed by atoms with Crippen molar-refractivity contribution in [2.24, 2.45) is 0 Å². The number of hydrogen-bond acceptors (Lipinski definition) is 6. The summed E-state index contributed by atoms with van der Waals surface area (Å²) in [6, 6.07) is 9.25. The first kappa shape index (κ1) is 16.6. The summed E-state index contributed by atoms with van der Waals surface area (Å²) in [5.74, 6) is -0.273. The molecular formula is C17H22FN5O. The number of nitrogens with one attached hydrogen (secondary N) is 1. The average molecular weight is 331 g/mol. The van der Waals surface area contributed by atoms with Crippen molar-refractivity contribution in [1.29, 1.82) is 0 Å². The lowest BCUT2D eigenvalue weighted by molar-refractivity contribution is 0.168. The number of halogens is 1. The lowest BCUT2D eigenvalue weighted by Crippen LogP contribution is -2.40. The number of aromatic nitrogens is 2.